The van der Waals surface area contributed by atoms with Crippen molar-refractivity contribution in [2.24, 2.45) is 63.6 Å². The summed E-state index contributed by atoms with van der Waals surface area (Å²) >= 11 is 0. The van der Waals surface area contributed by atoms with E-state index in [0.29, 0.717) is 59.6 Å². The first-order valence-electron chi connectivity index (χ1n) is 21.2. The van der Waals surface area contributed by atoms with Gasteiger partial charge in [-0.05, 0) is 104 Å². The maximum absolute atomic E-state index is 13.0. The molecule has 302 valence electrons. The third kappa shape index (κ3) is 7.44. The number of likely N-dealkylation sites (tertiary alicyclic amines) is 2. The Kier molecular flexibility index (Phi) is 12.0. The van der Waals surface area contributed by atoms with E-state index >= 15 is 0 Å². The molecule has 0 bridgehead atoms. The van der Waals surface area contributed by atoms with Crippen molar-refractivity contribution in [3.8, 4) is 0 Å². The largest absolute Gasteiger partial charge is 0.480 e. The molecule has 5 aliphatic carbocycles. The normalized spacial score (nSPS) is 38.2. The molecule has 5 saturated carbocycles. The standard InChI is InChI=1S/C17H28N2O3.C17H30N2O2.C8H15NO/c1-17(2)11-9-19(14(12(11)17)16(21)22)15(20)13(18-3)10-7-5-4-6-8-10;1-17(2)12-9-19(13(10-20)14(12)17)16(21)15(18-3)11-7-5-4-6-8-11;1-8(2)5-3-9-6(4-10)7(5)8/h10-14,18H,4-9H2,1-3H3,(H,21,22);11-15,18,20H,4-10H2,1-3H3;5-7,9-10H,3-4H2,1-2H3/t11-,12?,13-,14-;12-,13+,14?,15-;5-,6+,7?/m000/s1. The summed E-state index contributed by atoms with van der Waals surface area (Å²) in [6.07, 6.45) is 11.9. The van der Waals surface area contributed by atoms with Crippen molar-refractivity contribution in [3.05, 3.63) is 0 Å². The van der Waals surface area contributed by atoms with E-state index < -0.39 is 12.0 Å². The number of rotatable bonds is 9. The molecule has 3 heterocycles. The molecule has 0 spiro atoms. The maximum Gasteiger partial charge on any atom is 0.326 e. The molecule has 3 unspecified atom stereocenters. The van der Waals surface area contributed by atoms with Gasteiger partial charge in [0.1, 0.15) is 6.04 Å². The van der Waals surface area contributed by atoms with E-state index in [1.165, 1.54) is 38.5 Å². The van der Waals surface area contributed by atoms with Crippen molar-refractivity contribution in [1.82, 2.24) is 25.8 Å². The van der Waals surface area contributed by atoms with Gasteiger partial charge in [0.25, 0.3) is 0 Å². The Morgan fingerprint density at radius 3 is 1.53 bits per heavy atom. The minimum absolute atomic E-state index is 0.00444. The molecular weight excluding hydrogens is 670 g/mol. The minimum Gasteiger partial charge on any atom is -0.480 e. The van der Waals surface area contributed by atoms with Crippen molar-refractivity contribution in [2.75, 3.05) is 46.9 Å². The van der Waals surface area contributed by atoms with Crippen LogP contribution in [0.15, 0.2) is 0 Å². The van der Waals surface area contributed by atoms with Crippen molar-refractivity contribution < 1.29 is 29.7 Å². The molecule has 0 aromatic rings. The molecule has 0 aromatic carbocycles. The Morgan fingerprint density at radius 2 is 1.11 bits per heavy atom. The number of carboxylic acids is 1. The van der Waals surface area contributed by atoms with Gasteiger partial charge in [-0.25, -0.2) is 4.79 Å². The number of aliphatic hydroxyl groups excluding tert-OH is 2. The number of piperidine rings is 3. The number of hydrogen-bond acceptors (Lipinski definition) is 8. The third-order valence-corrected chi connectivity index (χ3v) is 16.3. The van der Waals surface area contributed by atoms with Gasteiger partial charge >= 0.3 is 5.97 Å². The van der Waals surface area contributed by atoms with Crippen molar-refractivity contribution in [3.63, 3.8) is 0 Å². The molecule has 3 aliphatic heterocycles. The highest BCUT2D eigenvalue weighted by Crippen LogP contribution is 2.66. The van der Waals surface area contributed by atoms with E-state index in [4.69, 9.17) is 5.11 Å². The van der Waals surface area contributed by atoms with E-state index in [9.17, 15) is 24.6 Å². The van der Waals surface area contributed by atoms with Gasteiger partial charge in [-0.15, -0.1) is 0 Å². The van der Waals surface area contributed by atoms with Crippen LogP contribution >= 0.6 is 0 Å². The molecule has 6 N–H and O–H groups in total. The second kappa shape index (κ2) is 15.6. The summed E-state index contributed by atoms with van der Waals surface area (Å²) in [5.41, 5.74) is 0.891. The molecule has 11 nitrogen and oxygen atoms in total. The van der Waals surface area contributed by atoms with Gasteiger partial charge in [0.15, 0.2) is 0 Å². The molecule has 11 atom stereocenters. The summed E-state index contributed by atoms with van der Waals surface area (Å²) < 4.78 is 0. The summed E-state index contributed by atoms with van der Waals surface area (Å²) in [6, 6.07) is -0.480. The zero-order valence-corrected chi connectivity index (χ0v) is 34.1. The monoisotopic (exact) mass is 744 g/mol. The van der Waals surface area contributed by atoms with Gasteiger partial charge in [0.2, 0.25) is 11.8 Å². The van der Waals surface area contributed by atoms with E-state index in [1.54, 1.807) is 4.90 Å². The molecule has 3 saturated heterocycles. The number of amides is 2. The maximum atomic E-state index is 13.0. The van der Waals surface area contributed by atoms with Gasteiger partial charge in [-0.2, -0.15) is 0 Å². The van der Waals surface area contributed by atoms with Crippen LogP contribution in [0, 0.1) is 63.6 Å². The Morgan fingerprint density at radius 1 is 0.660 bits per heavy atom. The zero-order chi connectivity index (χ0) is 38.6. The highest BCUT2D eigenvalue weighted by atomic mass is 16.4. The lowest BCUT2D eigenvalue weighted by molar-refractivity contribution is -0.151. The van der Waals surface area contributed by atoms with Crippen LogP contribution in [-0.4, -0.2) is 120 Å². The van der Waals surface area contributed by atoms with Gasteiger partial charge in [0.05, 0.1) is 31.3 Å². The first-order valence-corrected chi connectivity index (χ1v) is 21.2. The first kappa shape index (κ1) is 40.9. The van der Waals surface area contributed by atoms with Crippen LogP contribution in [0.3, 0.4) is 0 Å². The lowest BCUT2D eigenvalue weighted by Crippen LogP contribution is -2.54. The summed E-state index contributed by atoms with van der Waals surface area (Å²) in [5, 5.41) is 38.1. The number of hydrogen-bond donors (Lipinski definition) is 6. The van der Waals surface area contributed by atoms with Crippen LogP contribution in [0.1, 0.15) is 106 Å². The van der Waals surface area contributed by atoms with Gasteiger partial charge < -0.3 is 41.1 Å². The van der Waals surface area contributed by atoms with Crippen LogP contribution in [0.2, 0.25) is 0 Å². The number of likely N-dealkylation sites (N-methyl/N-ethyl adjacent to an activating group) is 2. The zero-order valence-electron chi connectivity index (χ0n) is 34.1. The molecule has 2 amide bonds. The average molecular weight is 744 g/mol. The molecule has 8 aliphatic rings. The molecular formula is C42H73N5O6. The van der Waals surface area contributed by atoms with Crippen LogP contribution in [0.4, 0.5) is 0 Å². The molecule has 8 fully saturated rings. The topological polar surface area (TPSA) is 154 Å². The Bertz CT molecular complexity index is 1330. The predicted octanol–water partition coefficient (Wildman–Crippen LogP) is 3.58. The fourth-order valence-electron chi connectivity index (χ4n) is 12.7. The van der Waals surface area contributed by atoms with Gasteiger partial charge in [-0.1, -0.05) is 80.1 Å². The third-order valence-electron chi connectivity index (χ3n) is 16.3. The summed E-state index contributed by atoms with van der Waals surface area (Å²) in [6.45, 7) is 16.4. The second-order valence-electron chi connectivity index (χ2n) is 19.9. The molecule has 0 radical (unpaired) electrons. The fraction of sp³-hybridized carbons (Fsp3) is 0.929. The van der Waals surface area contributed by atoms with E-state index in [1.807, 2.05) is 19.0 Å². The molecule has 0 aromatic heterocycles. The van der Waals surface area contributed by atoms with Crippen molar-refractivity contribution >= 4 is 17.8 Å². The Labute approximate surface area is 319 Å². The number of aliphatic hydroxyl groups is 2. The highest BCUT2D eigenvalue weighted by molar-refractivity contribution is 5.89. The van der Waals surface area contributed by atoms with E-state index in [2.05, 4.69) is 57.5 Å². The number of nitrogens with zero attached hydrogens (tertiary/aromatic N) is 2. The minimum atomic E-state index is -0.843. The lowest BCUT2D eigenvalue weighted by Gasteiger charge is -2.36. The van der Waals surface area contributed by atoms with Crippen LogP contribution in [-0.2, 0) is 14.4 Å². The highest BCUT2D eigenvalue weighted by Gasteiger charge is 2.70. The summed E-state index contributed by atoms with van der Waals surface area (Å²) in [4.78, 5) is 41.3. The summed E-state index contributed by atoms with van der Waals surface area (Å²) in [7, 11) is 3.74. The quantitative estimate of drug-likeness (QED) is 0.208. The van der Waals surface area contributed by atoms with E-state index in [0.717, 1.165) is 50.6 Å². The predicted molar refractivity (Wildman–Crippen MR) is 206 cm³/mol. The molecule has 11 heteroatoms. The van der Waals surface area contributed by atoms with Crippen LogP contribution in [0.5, 0.6) is 0 Å². The van der Waals surface area contributed by atoms with Crippen molar-refractivity contribution in [1.29, 1.82) is 0 Å². The van der Waals surface area contributed by atoms with Gasteiger partial charge in [-0.3, -0.25) is 9.59 Å². The number of nitrogens with one attached hydrogen (secondary N) is 3. The number of carboxylic acid groups (broad SMARTS) is 1. The van der Waals surface area contributed by atoms with Gasteiger partial charge in [0, 0.05) is 25.0 Å². The van der Waals surface area contributed by atoms with Crippen LogP contribution < -0.4 is 16.0 Å². The molecule has 8 rings (SSSR count). The number of carbonyl (C=O) groups is 3. The fourth-order valence-corrected chi connectivity index (χ4v) is 12.7. The average Bonchev–Trinajstić information content (AvgIpc) is 3.73. The lowest BCUT2D eigenvalue weighted by atomic mass is 9.83. The van der Waals surface area contributed by atoms with Crippen molar-refractivity contribution in [2.45, 2.75) is 136 Å². The Balaban J connectivity index is 0.000000145. The second-order valence-corrected chi connectivity index (χ2v) is 19.9. The number of carbonyl (C=O) groups excluding carboxylic acids is 2. The Hall–Kier alpha value is -1.79. The van der Waals surface area contributed by atoms with E-state index in [-0.39, 0.29) is 47.9 Å². The summed E-state index contributed by atoms with van der Waals surface area (Å²) in [5.74, 6) is 3.35. The smallest absolute Gasteiger partial charge is 0.326 e. The number of aliphatic carboxylic acids is 1. The number of fused-ring (bicyclic) bond motifs is 3. The SMILES string of the molecule is CC1(C)C2[C@@H](CO)NC[C@@H]21.CN[C@H](C(=O)N1C[C@H]2C([C@H]1C(=O)O)C2(C)C)C1CCCCC1.CN[C@H](C(=O)N1C[C@H]2C([C@H]1CO)C2(C)C)C1CCCCC1. The van der Waals surface area contributed by atoms with Crippen LogP contribution in [0.25, 0.3) is 0 Å². The molecule has 53 heavy (non-hydrogen) atoms. The first-order chi connectivity index (χ1) is 25.1.